The number of rotatable bonds is 7. The predicted octanol–water partition coefficient (Wildman–Crippen LogP) is 9.31. The number of esters is 1. The number of aromatic nitrogens is 1. The van der Waals surface area contributed by atoms with E-state index >= 15 is 0 Å². The average molecular weight is 751 g/mol. The molecule has 5 rings (SSSR count). The van der Waals surface area contributed by atoms with Crippen molar-refractivity contribution in [2.24, 2.45) is 5.10 Å². The summed E-state index contributed by atoms with van der Waals surface area (Å²) in [6.07, 6.45) is 1.36. The molecular formula is C30H18Br2Cl3N3O4. The number of nitrogens with zero attached hydrogens (tertiary/aromatic N) is 1. The molecule has 0 aliphatic heterocycles. The molecule has 1 heterocycles. The molecule has 4 aromatic carbocycles. The molecule has 0 atom stereocenters. The lowest BCUT2D eigenvalue weighted by atomic mass is 10.0. The molecule has 0 spiro atoms. The second-order valence-electron chi connectivity index (χ2n) is 8.76. The van der Waals surface area contributed by atoms with Gasteiger partial charge in [0.1, 0.15) is 11.4 Å². The summed E-state index contributed by atoms with van der Waals surface area (Å²) in [4.78, 5) is 29.6. The zero-order chi connectivity index (χ0) is 30.0. The maximum absolute atomic E-state index is 13.5. The second kappa shape index (κ2) is 12.9. The summed E-state index contributed by atoms with van der Waals surface area (Å²) >= 11 is 25.5. The number of hydrogen-bond donors (Lipinski definition) is 2. The molecular weight excluding hydrogens is 733 g/mol. The van der Waals surface area contributed by atoms with E-state index in [2.05, 4.69) is 47.4 Å². The van der Waals surface area contributed by atoms with Crippen molar-refractivity contribution in [1.82, 2.24) is 10.4 Å². The third kappa shape index (κ3) is 6.21. The Labute approximate surface area is 272 Å². The Morgan fingerprint density at radius 2 is 1.74 bits per heavy atom. The number of halogens is 5. The van der Waals surface area contributed by atoms with Crippen LogP contribution in [0.1, 0.15) is 26.4 Å². The monoisotopic (exact) mass is 747 g/mol. The molecule has 0 aliphatic rings. The van der Waals surface area contributed by atoms with Gasteiger partial charge in [0.25, 0.3) is 5.91 Å². The first-order valence-corrected chi connectivity index (χ1v) is 14.8. The van der Waals surface area contributed by atoms with Crippen LogP contribution in [0.4, 0.5) is 0 Å². The maximum atomic E-state index is 13.5. The normalized spacial score (nSPS) is 11.2. The summed E-state index contributed by atoms with van der Waals surface area (Å²) < 4.78 is 12.3. The van der Waals surface area contributed by atoms with Gasteiger partial charge in [-0.3, -0.25) is 4.79 Å². The third-order valence-corrected chi connectivity index (χ3v) is 8.06. The van der Waals surface area contributed by atoms with E-state index in [1.165, 1.54) is 24.4 Å². The number of carbonyl (C=O) groups excluding carboxylic acids is 2. The first-order chi connectivity index (χ1) is 20.2. The summed E-state index contributed by atoms with van der Waals surface area (Å²) in [5.74, 6) is -0.497. The molecule has 0 fully saturated rings. The lowest BCUT2D eigenvalue weighted by Gasteiger charge is -2.11. The van der Waals surface area contributed by atoms with Gasteiger partial charge in [-0.1, -0.05) is 81.1 Å². The highest BCUT2D eigenvalue weighted by atomic mass is 79.9. The zero-order valence-corrected chi connectivity index (χ0v) is 26.9. The minimum Gasteiger partial charge on any atom is -0.495 e. The summed E-state index contributed by atoms with van der Waals surface area (Å²) in [5.41, 5.74) is 5.21. The van der Waals surface area contributed by atoms with E-state index in [0.29, 0.717) is 46.9 Å². The number of hydrazone groups is 1. The maximum Gasteiger partial charge on any atom is 0.345 e. The van der Waals surface area contributed by atoms with Crippen molar-refractivity contribution in [3.05, 3.63) is 114 Å². The number of carbonyl (C=O) groups is 2. The minimum atomic E-state index is -0.699. The van der Waals surface area contributed by atoms with Gasteiger partial charge in [-0.2, -0.15) is 5.10 Å². The number of amides is 1. The van der Waals surface area contributed by atoms with Crippen LogP contribution in [0.25, 0.3) is 22.0 Å². The SMILES string of the molecule is COc1cccc2c(-c3ccccc3Cl)c(C(=O)NN=Cc3cc(Br)cc(Br)c3OC(=O)c3ccc(Cl)cc3Cl)[nH]c12. The Balaban J connectivity index is 1.47. The lowest BCUT2D eigenvalue weighted by molar-refractivity contribution is 0.0733. The molecule has 42 heavy (non-hydrogen) atoms. The molecule has 7 nitrogen and oxygen atoms in total. The number of hydrogen-bond acceptors (Lipinski definition) is 5. The first-order valence-electron chi connectivity index (χ1n) is 12.1. The van der Waals surface area contributed by atoms with Crippen LogP contribution in [0.2, 0.25) is 15.1 Å². The van der Waals surface area contributed by atoms with Gasteiger partial charge in [-0.05, 0) is 58.4 Å². The fourth-order valence-corrected chi connectivity index (χ4v) is 6.33. The number of aromatic amines is 1. The number of H-pyrrole nitrogens is 1. The van der Waals surface area contributed by atoms with Crippen LogP contribution in [-0.2, 0) is 0 Å². The summed E-state index contributed by atoms with van der Waals surface area (Å²) in [7, 11) is 1.55. The number of fused-ring (bicyclic) bond motifs is 1. The smallest absolute Gasteiger partial charge is 0.345 e. The van der Waals surface area contributed by atoms with Crippen LogP contribution in [0, 0.1) is 0 Å². The van der Waals surface area contributed by atoms with E-state index < -0.39 is 11.9 Å². The van der Waals surface area contributed by atoms with Crippen molar-refractivity contribution in [3.63, 3.8) is 0 Å². The van der Waals surface area contributed by atoms with Gasteiger partial charge in [0, 0.05) is 36.6 Å². The Bertz CT molecular complexity index is 1890. The van der Waals surface area contributed by atoms with E-state index in [1.54, 1.807) is 31.4 Å². The van der Waals surface area contributed by atoms with Crippen molar-refractivity contribution in [3.8, 4) is 22.6 Å². The largest absolute Gasteiger partial charge is 0.495 e. The fourth-order valence-electron chi connectivity index (χ4n) is 4.28. The summed E-state index contributed by atoms with van der Waals surface area (Å²) in [6.45, 7) is 0. The van der Waals surface area contributed by atoms with E-state index in [1.807, 2.05) is 30.3 Å². The van der Waals surface area contributed by atoms with Crippen LogP contribution in [0.5, 0.6) is 11.5 Å². The predicted molar refractivity (Wildman–Crippen MR) is 174 cm³/mol. The molecule has 0 radical (unpaired) electrons. The highest BCUT2D eigenvalue weighted by molar-refractivity contribution is 9.11. The Morgan fingerprint density at radius 3 is 2.48 bits per heavy atom. The molecule has 0 unspecified atom stereocenters. The number of methoxy groups -OCH3 is 1. The van der Waals surface area contributed by atoms with Crippen LogP contribution in [0.15, 0.2) is 86.8 Å². The summed E-state index contributed by atoms with van der Waals surface area (Å²) in [6, 6.07) is 20.6. The van der Waals surface area contributed by atoms with Crippen molar-refractivity contribution in [2.45, 2.75) is 0 Å². The van der Waals surface area contributed by atoms with Gasteiger partial charge >= 0.3 is 5.97 Å². The average Bonchev–Trinajstić information content (AvgIpc) is 3.34. The van der Waals surface area contributed by atoms with Gasteiger partial charge in [-0.25, -0.2) is 10.2 Å². The second-order valence-corrected chi connectivity index (χ2v) is 11.8. The van der Waals surface area contributed by atoms with Gasteiger partial charge < -0.3 is 14.5 Å². The van der Waals surface area contributed by atoms with Gasteiger partial charge in [0.15, 0.2) is 5.75 Å². The van der Waals surface area contributed by atoms with Gasteiger partial charge in [0.2, 0.25) is 0 Å². The topological polar surface area (TPSA) is 92.8 Å². The molecule has 0 aliphatic carbocycles. The Hall–Kier alpha value is -3.34. The molecule has 0 bridgehead atoms. The Kier molecular flexibility index (Phi) is 9.25. The molecule has 1 aromatic heterocycles. The highest BCUT2D eigenvalue weighted by Gasteiger charge is 2.23. The van der Waals surface area contributed by atoms with Crippen LogP contribution >= 0.6 is 66.7 Å². The molecule has 0 saturated carbocycles. The van der Waals surface area contributed by atoms with Crippen LogP contribution < -0.4 is 14.9 Å². The molecule has 212 valence electrons. The van der Waals surface area contributed by atoms with Crippen molar-refractivity contribution < 1.29 is 19.1 Å². The third-order valence-electron chi connectivity index (χ3n) is 6.14. The van der Waals surface area contributed by atoms with Crippen molar-refractivity contribution >= 4 is 95.7 Å². The van der Waals surface area contributed by atoms with Gasteiger partial charge in [-0.15, -0.1) is 0 Å². The number of nitrogens with one attached hydrogen (secondary N) is 2. The number of ether oxygens (including phenoxy) is 2. The molecule has 5 aromatic rings. The Morgan fingerprint density at radius 1 is 0.952 bits per heavy atom. The minimum absolute atomic E-state index is 0.133. The van der Waals surface area contributed by atoms with E-state index in [4.69, 9.17) is 44.3 Å². The summed E-state index contributed by atoms with van der Waals surface area (Å²) in [5, 5.41) is 5.91. The lowest BCUT2D eigenvalue weighted by Crippen LogP contribution is -2.19. The highest BCUT2D eigenvalue weighted by Crippen LogP contribution is 2.39. The van der Waals surface area contributed by atoms with Crippen molar-refractivity contribution in [1.29, 1.82) is 0 Å². The van der Waals surface area contributed by atoms with Crippen LogP contribution in [0.3, 0.4) is 0 Å². The number of para-hydroxylation sites is 1. The molecule has 1 amide bonds. The number of benzene rings is 4. The quantitative estimate of drug-likeness (QED) is 0.0751. The molecule has 12 heteroatoms. The van der Waals surface area contributed by atoms with Crippen LogP contribution in [-0.4, -0.2) is 30.2 Å². The van der Waals surface area contributed by atoms with Gasteiger partial charge in [0.05, 0.1) is 33.9 Å². The molecule has 2 N–H and O–H groups in total. The van der Waals surface area contributed by atoms with Crippen molar-refractivity contribution in [2.75, 3.05) is 7.11 Å². The zero-order valence-electron chi connectivity index (χ0n) is 21.5. The van der Waals surface area contributed by atoms with E-state index in [0.717, 1.165) is 5.39 Å². The molecule has 0 saturated heterocycles. The standard InChI is InChI=1S/C30H18Br2Cl3N3O4/c1-41-24-8-4-6-20-25(18-5-2-3-7-22(18)34)27(37-26(20)24)29(39)38-36-14-15-11-16(31)12-21(32)28(15)42-30(40)19-10-9-17(33)13-23(19)35/h2-14,37H,1H3,(H,38,39). The van der Waals surface area contributed by atoms with E-state index in [-0.39, 0.29) is 22.0 Å². The fraction of sp³-hybridized carbons (Fsp3) is 0.0333. The first kappa shape index (κ1) is 30.1. The van der Waals surface area contributed by atoms with E-state index in [9.17, 15) is 9.59 Å².